The number of carbonyl (C=O) groups is 1. The Labute approximate surface area is 156 Å². The number of halogens is 2. The summed E-state index contributed by atoms with van der Waals surface area (Å²) in [7, 11) is 0. The van der Waals surface area contributed by atoms with Crippen molar-refractivity contribution in [2.75, 3.05) is 42.9 Å². The number of hydrogen-bond acceptors (Lipinski definition) is 5. The molecule has 1 saturated heterocycles. The maximum absolute atomic E-state index is 12.3. The van der Waals surface area contributed by atoms with Gasteiger partial charge in [-0.3, -0.25) is 4.79 Å². The van der Waals surface area contributed by atoms with E-state index in [0.717, 1.165) is 24.7 Å². The lowest BCUT2D eigenvalue weighted by Gasteiger charge is -2.34. The van der Waals surface area contributed by atoms with Crippen LogP contribution in [0.4, 0.5) is 11.6 Å². The number of anilines is 2. The summed E-state index contributed by atoms with van der Waals surface area (Å²) in [5, 5.41) is 4.21. The van der Waals surface area contributed by atoms with E-state index in [1.807, 2.05) is 11.0 Å². The molecule has 2 heterocycles. The van der Waals surface area contributed by atoms with E-state index in [1.54, 1.807) is 30.6 Å². The van der Waals surface area contributed by atoms with E-state index in [4.69, 9.17) is 23.2 Å². The number of nitrogens with zero attached hydrogens (tertiary/aromatic N) is 4. The minimum Gasteiger partial charge on any atom is -0.384 e. The van der Waals surface area contributed by atoms with Gasteiger partial charge >= 0.3 is 0 Å². The lowest BCUT2D eigenvalue weighted by atomic mass is 10.2. The second-order valence-corrected chi connectivity index (χ2v) is 6.54. The fourth-order valence-electron chi connectivity index (χ4n) is 2.69. The Morgan fingerprint density at radius 1 is 1.08 bits per heavy atom. The average molecular weight is 380 g/mol. The van der Waals surface area contributed by atoms with Crippen LogP contribution < -0.4 is 10.2 Å². The number of hydrogen-bond donors (Lipinski definition) is 1. The van der Waals surface area contributed by atoms with Crippen LogP contribution in [0, 0.1) is 0 Å². The van der Waals surface area contributed by atoms with Crippen LogP contribution >= 0.6 is 23.2 Å². The van der Waals surface area contributed by atoms with Crippen LogP contribution in [0.15, 0.2) is 36.7 Å². The van der Waals surface area contributed by atoms with Gasteiger partial charge in [-0.15, -0.1) is 0 Å². The first-order valence-electron chi connectivity index (χ1n) is 8.12. The first kappa shape index (κ1) is 17.8. The normalized spacial score (nSPS) is 14.5. The van der Waals surface area contributed by atoms with Gasteiger partial charge in [-0.25, -0.2) is 9.97 Å². The molecule has 0 saturated carbocycles. The molecule has 1 aromatic heterocycles. The van der Waals surface area contributed by atoms with Crippen LogP contribution in [0.5, 0.6) is 0 Å². The number of rotatable bonds is 5. The van der Waals surface area contributed by atoms with Crippen molar-refractivity contribution in [3.05, 3.63) is 46.7 Å². The molecule has 2 aromatic rings. The Bertz CT molecular complexity index is 720. The summed E-state index contributed by atoms with van der Waals surface area (Å²) in [6.07, 6.45) is 3.89. The molecule has 8 heteroatoms. The van der Waals surface area contributed by atoms with Crippen LogP contribution in [-0.4, -0.2) is 53.5 Å². The molecule has 1 aliphatic rings. The predicted molar refractivity (Wildman–Crippen MR) is 100 cm³/mol. The molecule has 0 spiro atoms. The Kier molecular flexibility index (Phi) is 5.94. The molecule has 1 N–H and O–H groups in total. The van der Waals surface area contributed by atoms with E-state index in [-0.39, 0.29) is 5.91 Å². The molecule has 0 bridgehead atoms. The van der Waals surface area contributed by atoms with Gasteiger partial charge in [-0.1, -0.05) is 23.2 Å². The minimum atomic E-state index is 0.140. The summed E-state index contributed by atoms with van der Waals surface area (Å²) in [4.78, 5) is 24.8. The average Bonchev–Trinajstić information content (AvgIpc) is 2.65. The van der Waals surface area contributed by atoms with E-state index in [2.05, 4.69) is 20.2 Å². The van der Waals surface area contributed by atoms with Crippen molar-refractivity contribution in [2.24, 2.45) is 0 Å². The maximum atomic E-state index is 12.3. The summed E-state index contributed by atoms with van der Waals surface area (Å²) in [6.45, 7) is 3.42. The standard InChI is InChI=1S/C17H19Cl2N5O/c18-14-3-2-13(12-15(14)19)20-7-4-16(25)23-8-10-24(11-9-23)17-21-5-1-6-22-17/h1-3,5-6,12,20H,4,7-11H2. The highest BCUT2D eigenvalue weighted by atomic mass is 35.5. The zero-order chi connectivity index (χ0) is 17.6. The molecule has 0 atom stereocenters. The van der Waals surface area contributed by atoms with Crippen LogP contribution in [0.25, 0.3) is 0 Å². The fourth-order valence-corrected chi connectivity index (χ4v) is 2.99. The van der Waals surface area contributed by atoms with Gasteiger partial charge in [0.15, 0.2) is 0 Å². The number of amides is 1. The molecule has 0 radical (unpaired) electrons. The number of benzene rings is 1. The molecule has 1 amide bonds. The van der Waals surface area contributed by atoms with Gasteiger partial charge in [0, 0.05) is 57.2 Å². The van der Waals surface area contributed by atoms with E-state index >= 15 is 0 Å². The number of nitrogens with one attached hydrogen (secondary N) is 1. The van der Waals surface area contributed by atoms with Crippen molar-refractivity contribution < 1.29 is 4.79 Å². The van der Waals surface area contributed by atoms with Gasteiger partial charge in [0.25, 0.3) is 0 Å². The smallest absolute Gasteiger partial charge is 0.225 e. The van der Waals surface area contributed by atoms with Crippen LogP contribution in [-0.2, 0) is 4.79 Å². The van der Waals surface area contributed by atoms with E-state index in [1.165, 1.54) is 0 Å². The third-order valence-electron chi connectivity index (χ3n) is 4.05. The van der Waals surface area contributed by atoms with Crippen molar-refractivity contribution in [1.29, 1.82) is 0 Å². The molecular formula is C17H19Cl2N5O. The van der Waals surface area contributed by atoms with Crippen LogP contribution in [0.3, 0.4) is 0 Å². The Morgan fingerprint density at radius 3 is 2.48 bits per heavy atom. The molecule has 25 heavy (non-hydrogen) atoms. The highest BCUT2D eigenvalue weighted by molar-refractivity contribution is 6.42. The molecule has 1 fully saturated rings. The summed E-state index contributed by atoms with van der Waals surface area (Å²) >= 11 is 11.9. The monoisotopic (exact) mass is 379 g/mol. The second kappa shape index (κ2) is 8.36. The van der Waals surface area contributed by atoms with Gasteiger partial charge < -0.3 is 15.1 Å². The van der Waals surface area contributed by atoms with E-state index < -0.39 is 0 Å². The molecular weight excluding hydrogens is 361 g/mol. The first-order chi connectivity index (χ1) is 12.1. The van der Waals surface area contributed by atoms with Gasteiger partial charge in [0.05, 0.1) is 10.0 Å². The van der Waals surface area contributed by atoms with Gasteiger partial charge in [0.1, 0.15) is 0 Å². The molecule has 0 unspecified atom stereocenters. The zero-order valence-electron chi connectivity index (χ0n) is 13.7. The first-order valence-corrected chi connectivity index (χ1v) is 8.88. The lowest BCUT2D eigenvalue weighted by molar-refractivity contribution is -0.131. The summed E-state index contributed by atoms with van der Waals surface area (Å²) < 4.78 is 0. The maximum Gasteiger partial charge on any atom is 0.225 e. The fraction of sp³-hybridized carbons (Fsp3) is 0.353. The summed E-state index contributed by atoms with van der Waals surface area (Å²) in [6, 6.07) is 7.13. The second-order valence-electron chi connectivity index (χ2n) is 5.72. The van der Waals surface area contributed by atoms with E-state index in [9.17, 15) is 4.79 Å². The third kappa shape index (κ3) is 4.74. The topological polar surface area (TPSA) is 61.4 Å². The Hall–Kier alpha value is -2.05. The molecule has 3 rings (SSSR count). The SMILES string of the molecule is O=C(CCNc1ccc(Cl)c(Cl)c1)N1CCN(c2ncccn2)CC1. The highest BCUT2D eigenvalue weighted by Crippen LogP contribution is 2.24. The molecule has 1 aliphatic heterocycles. The third-order valence-corrected chi connectivity index (χ3v) is 4.79. The number of aromatic nitrogens is 2. The van der Waals surface area contributed by atoms with Crippen LogP contribution in [0.1, 0.15) is 6.42 Å². The van der Waals surface area contributed by atoms with E-state index in [0.29, 0.717) is 36.1 Å². The molecule has 1 aromatic carbocycles. The van der Waals surface area contributed by atoms with Gasteiger partial charge in [-0.2, -0.15) is 0 Å². The Morgan fingerprint density at radius 2 is 1.80 bits per heavy atom. The minimum absolute atomic E-state index is 0.140. The lowest BCUT2D eigenvalue weighted by Crippen LogP contribution is -2.49. The largest absolute Gasteiger partial charge is 0.384 e. The number of carbonyl (C=O) groups excluding carboxylic acids is 1. The van der Waals surface area contributed by atoms with Gasteiger partial charge in [-0.05, 0) is 24.3 Å². The van der Waals surface area contributed by atoms with Gasteiger partial charge in [0.2, 0.25) is 11.9 Å². The van der Waals surface area contributed by atoms with Crippen molar-refractivity contribution >= 4 is 40.7 Å². The van der Waals surface area contributed by atoms with Crippen molar-refractivity contribution in [3.8, 4) is 0 Å². The molecule has 132 valence electrons. The molecule has 0 aliphatic carbocycles. The van der Waals surface area contributed by atoms with Crippen LogP contribution in [0.2, 0.25) is 10.0 Å². The predicted octanol–water partition coefficient (Wildman–Crippen LogP) is 2.93. The Balaban J connectivity index is 1.43. The summed E-state index contributed by atoms with van der Waals surface area (Å²) in [5.41, 5.74) is 0.855. The summed E-state index contributed by atoms with van der Waals surface area (Å²) in [5.74, 6) is 0.858. The molecule has 6 nitrogen and oxygen atoms in total. The zero-order valence-corrected chi connectivity index (χ0v) is 15.2. The highest BCUT2D eigenvalue weighted by Gasteiger charge is 2.21. The van der Waals surface area contributed by atoms with Crippen molar-refractivity contribution in [1.82, 2.24) is 14.9 Å². The number of piperazine rings is 1. The van der Waals surface area contributed by atoms with Crippen molar-refractivity contribution in [3.63, 3.8) is 0 Å². The van der Waals surface area contributed by atoms with Crippen molar-refractivity contribution in [2.45, 2.75) is 6.42 Å². The quantitative estimate of drug-likeness (QED) is 0.864.